The first-order valence-electron chi connectivity index (χ1n) is 6.80. The smallest absolute Gasteiger partial charge is 0.181 e. The Bertz CT molecular complexity index is 1060. The molecule has 0 amide bonds. The number of halogens is 1. The molecule has 0 saturated carbocycles. The third-order valence-corrected chi connectivity index (χ3v) is 5.91. The molecule has 0 fully saturated rings. The van der Waals surface area contributed by atoms with Gasteiger partial charge in [0.05, 0.1) is 33.9 Å². The quantitative estimate of drug-likeness (QED) is 0.572. The molecule has 23 heavy (non-hydrogen) atoms. The predicted molar refractivity (Wildman–Crippen MR) is 88.5 cm³/mol. The molecular weight excluding hydrogens is 335 g/mol. The van der Waals surface area contributed by atoms with Crippen molar-refractivity contribution in [2.24, 2.45) is 0 Å². The van der Waals surface area contributed by atoms with Crippen LogP contribution < -0.4 is 0 Å². The number of pyridine rings is 1. The van der Waals surface area contributed by atoms with Gasteiger partial charge in [-0.05, 0) is 18.2 Å². The molecule has 0 saturated heterocycles. The number of fused-ring (bicyclic) bond motifs is 2. The van der Waals surface area contributed by atoms with E-state index in [2.05, 4.69) is 15.0 Å². The second kappa shape index (κ2) is 5.47. The van der Waals surface area contributed by atoms with Crippen molar-refractivity contribution < 1.29 is 8.60 Å². The van der Waals surface area contributed by atoms with Crippen LogP contribution in [0.3, 0.4) is 0 Å². The van der Waals surface area contributed by atoms with Crippen molar-refractivity contribution in [3.8, 4) is 0 Å². The third-order valence-electron chi connectivity index (χ3n) is 3.52. The molecule has 3 heterocycles. The molecule has 1 aromatic carbocycles. The van der Waals surface area contributed by atoms with Gasteiger partial charge in [0, 0.05) is 18.0 Å². The predicted octanol–water partition coefficient (Wildman–Crippen LogP) is 2.97. The Balaban J connectivity index is 1.79. The van der Waals surface area contributed by atoms with Crippen LogP contribution in [0.5, 0.6) is 0 Å². The van der Waals surface area contributed by atoms with E-state index in [1.165, 1.54) is 0 Å². The summed E-state index contributed by atoms with van der Waals surface area (Å²) >= 11 is 1.14. The van der Waals surface area contributed by atoms with Crippen molar-refractivity contribution in [2.45, 2.75) is 10.9 Å². The molecule has 0 aliphatic rings. The molecule has 0 bridgehead atoms. The molecule has 116 valence electrons. The lowest BCUT2D eigenvalue weighted by molar-refractivity contribution is 0.614. The second-order valence-corrected chi connectivity index (χ2v) is 7.59. The molecule has 0 radical (unpaired) electrons. The van der Waals surface area contributed by atoms with Gasteiger partial charge in [-0.3, -0.25) is 4.21 Å². The van der Waals surface area contributed by atoms with E-state index in [1.54, 1.807) is 35.5 Å². The zero-order chi connectivity index (χ0) is 16.0. The van der Waals surface area contributed by atoms with Crippen molar-refractivity contribution in [1.82, 2.24) is 19.5 Å². The van der Waals surface area contributed by atoms with Crippen molar-refractivity contribution in [3.05, 3.63) is 48.2 Å². The molecule has 0 aliphatic heterocycles. The Labute approximate surface area is 137 Å². The molecule has 1 atom stereocenters. The fourth-order valence-corrected chi connectivity index (χ4v) is 4.13. The van der Waals surface area contributed by atoms with Gasteiger partial charge < -0.3 is 4.57 Å². The number of imidazole rings is 1. The molecule has 4 rings (SSSR count). The summed E-state index contributed by atoms with van der Waals surface area (Å²) in [5.74, 6) is -0.325. The van der Waals surface area contributed by atoms with Crippen LogP contribution in [-0.2, 0) is 17.3 Å². The minimum absolute atomic E-state index is 0.325. The number of hydrogen-bond donors (Lipinski definition) is 0. The Morgan fingerprint density at radius 1 is 1.26 bits per heavy atom. The molecule has 0 N–H and O–H groups in total. The van der Waals surface area contributed by atoms with Crippen molar-refractivity contribution in [1.29, 1.82) is 0 Å². The Kier molecular flexibility index (Phi) is 3.42. The van der Waals surface area contributed by atoms with Crippen LogP contribution in [0, 0.1) is 5.82 Å². The van der Waals surface area contributed by atoms with E-state index in [-0.39, 0.29) is 5.82 Å². The summed E-state index contributed by atoms with van der Waals surface area (Å²) in [4.78, 5) is 12.8. The van der Waals surface area contributed by atoms with Gasteiger partial charge in [0.25, 0.3) is 0 Å². The van der Waals surface area contributed by atoms with E-state index in [9.17, 15) is 8.60 Å². The average molecular weight is 346 g/mol. The highest BCUT2D eigenvalue weighted by atomic mass is 32.2. The maximum Gasteiger partial charge on any atom is 0.181 e. The normalized spacial score (nSPS) is 13.0. The topological polar surface area (TPSA) is 60.7 Å². The first-order valence-corrected chi connectivity index (χ1v) is 9.18. The highest BCUT2D eigenvalue weighted by Crippen LogP contribution is 2.29. The zero-order valence-electron chi connectivity index (χ0n) is 12.1. The van der Waals surface area contributed by atoms with Gasteiger partial charge in [-0.25, -0.2) is 19.3 Å². The van der Waals surface area contributed by atoms with Gasteiger partial charge in [-0.1, -0.05) is 6.07 Å². The molecular formula is C15H11FN4OS2. The van der Waals surface area contributed by atoms with Gasteiger partial charge >= 0.3 is 0 Å². The lowest BCUT2D eigenvalue weighted by Crippen LogP contribution is -2.01. The minimum atomic E-state index is -1.21. The molecule has 1 unspecified atom stereocenters. The largest absolute Gasteiger partial charge is 0.311 e. The number of aromatic nitrogens is 4. The summed E-state index contributed by atoms with van der Waals surface area (Å²) in [6.45, 7) is 0.331. The van der Waals surface area contributed by atoms with Crippen LogP contribution in [-0.4, -0.2) is 30.0 Å². The van der Waals surface area contributed by atoms with Crippen molar-refractivity contribution in [3.63, 3.8) is 0 Å². The maximum atomic E-state index is 14.8. The van der Waals surface area contributed by atoms with Crippen LogP contribution >= 0.6 is 11.3 Å². The second-order valence-electron chi connectivity index (χ2n) is 5.04. The van der Waals surface area contributed by atoms with E-state index in [4.69, 9.17) is 0 Å². The van der Waals surface area contributed by atoms with Gasteiger partial charge in [-0.15, -0.1) is 11.3 Å². The van der Waals surface area contributed by atoms with Gasteiger partial charge in [-0.2, -0.15) is 0 Å². The van der Waals surface area contributed by atoms with Crippen LogP contribution in [0.4, 0.5) is 4.39 Å². The highest BCUT2D eigenvalue weighted by Gasteiger charge is 2.15. The number of thiazole rings is 1. The Morgan fingerprint density at radius 3 is 2.96 bits per heavy atom. The molecule has 0 spiro atoms. The number of rotatable bonds is 3. The summed E-state index contributed by atoms with van der Waals surface area (Å²) in [7, 11) is -1.21. The van der Waals surface area contributed by atoms with Crippen molar-refractivity contribution in [2.75, 3.05) is 6.26 Å². The van der Waals surface area contributed by atoms with Crippen LogP contribution in [0.1, 0.15) is 5.56 Å². The molecule has 3 aromatic heterocycles. The fraction of sp³-hybridized carbons (Fsp3) is 0.133. The number of nitrogens with zero attached hydrogens (tertiary/aromatic N) is 4. The summed E-state index contributed by atoms with van der Waals surface area (Å²) in [5.41, 5.74) is 2.55. The van der Waals surface area contributed by atoms with E-state index < -0.39 is 10.8 Å². The van der Waals surface area contributed by atoms with Crippen molar-refractivity contribution >= 4 is 43.5 Å². The summed E-state index contributed by atoms with van der Waals surface area (Å²) in [6, 6.07) is 7.14. The average Bonchev–Trinajstić information content (AvgIpc) is 3.15. The molecule has 4 aromatic rings. The zero-order valence-corrected chi connectivity index (χ0v) is 13.7. The highest BCUT2D eigenvalue weighted by molar-refractivity contribution is 7.86. The first-order chi connectivity index (χ1) is 11.1. The van der Waals surface area contributed by atoms with Crippen LogP contribution in [0.2, 0.25) is 0 Å². The summed E-state index contributed by atoms with van der Waals surface area (Å²) in [6.07, 6.45) is 4.88. The van der Waals surface area contributed by atoms with Gasteiger partial charge in [0.15, 0.2) is 9.99 Å². The summed E-state index contributed by atoms with van der Waals surface area (Å²) < 4.78 is 29.0. The van der Waals surface area contributed by atoms with Gasteiger partial charge in [0.1, 0.15) is 11.3 Å². The van der Waals surface area contributed by atoms with E-state index in [0.717, 1.165) is 16.9 Å². The molecule has 5 nitrogen and oxygen atoms in total. The molecule has 0 aliphatic carbocycles. The number of hydrogen-bond acceptors (Lipinski definition) is 5. The lowest BCUT2D eigenvalue weighted by atomic mass is 10.2. The number of benzene rings is 1. The lowest BCUT2D eigenvalue weighted by Gasteiger charge is -2.05. The fourth-order valence-electron chi connectivity index (χ4n) is 2.42. The maximum absolute atomic E-state index is 14.8. The minimum Gasteiger partial charge on any atom is -0.311 e. The Hall–Kier alpha value is -2.19. The van der Waals surface area contributed by atoms with Crippen LogP contribution in [0.25, 0.3) is 21.4 Å². The van der Waals surface area contributed by atoms with Gasteiger partial charge in [0.2, 0.25) is 0 Å². The van der Waals surface area contributed by atoms with Crippen LogP contribution in [0.15, 0.2) is 41.1 Å². The standard InChI is InChI=1S/C15H11FN4OS2/c1-23(21)15-19-10-5-4-9(12(16)13(10)22-15)7-20-8-18-11-3-2-6-17-14(11)20/h2-6,8H,7H2,1H3. The van der Waals surface area contributed by atoms with E-state index in [0.29, 0.717) is 32.3 Å². The monoisotopic (exact) mass is 346 g/mol. The summed E-state index contributed by atoms with van der Waals surface area (Å²) in [5, 5.41) is 0. The Morgan fingerprint density at radius 2 is 2.13 bits per heavy atom. The van der Waals surface area contributed by atoms with E-state index >= 15 is 0 Å². The SMILES string of the molecule is CS(=O)c1nc2ccc(Cn3cnc4cccnc43)c(F)c2s1. The third kappa shape index (κ3) is 2.43. The first kappa shape index (κ1) is 14.4. The molecule has 8 heteroatoms. The van der Waals surface area contributed by atoms with E-state index in [1.807, 2.05) is 12.1 Å².